The van der Waals surface area contributed by atoms with Crippen molar-refractivity contribution in [2.45, 2.75) is 24.0 Å². The van der Waals surface area contributed by atoms with E-state index in [1.54, 1.807) is 26.2 Å². The van der Waals surface area contributed by atoms with E-state index in [1.807, 2.05) is 29.6 Å². The van der Waals surface area contributed by atoms with Crippen LogP contribution in [0.3, 0.4) is 0 Å². The van der Waals surface area contributed by atoms with Gasteiger partial charge in [0.2, 0.25) is 5.91 Å². The third-order valence-corrected chi connectivity index (χ3v) is 8.11. The Morgan fingerprint density at radius 3 is 2.57 bits per heavy atom. The van der Waals surface area contributed by atoms with Crippen LogP contribution in [0.2, 0.25) is 0 Å². The van der Waals surface area contributed by atoms with Crippen molar-refractivity contribution >= 4 is 38.1 Å². The molecule has 0 bridgehead atoms. The van der Waals surface area contributed by atoms with Crippen molar-refractivity contribution in [3.63, 3.8) is 0 Å². The largest absolute Gasteiger partial charge is 0.343 e. The predicted octanol–water partition coefficient (Wildman–Crippen LogP) is 3.75. The Morgan fingerprint density at radius 1 is 1.06 bits per heavy atom. The molecule has 4 rings (SSSR count). The molecule has 0 aliphatic carbocycles. The molecular weight excluding hydrogens is 486 g/mol. The van der Waals surface area contributed by atoms with Crippen molar-refractivity contribution in [1.29, 1.82) is 0 Å². The van der Waals surface area contributed by atoms with Gasteiger partial charge in [0.05, 0.1) is 28.6 Å². The molecule has 0 saturated carbocycles. The Balaban J connectivity index is 1.37. The number of H-pyrrole nitrogens is 1. The first-order chi connectivity index (χ1) is 16.7. The number of anilines is 1. The molecule has 2 aromatic carbocycles. The van der Waals surface area contributed by atoms with Gasteiger partial charge < -0.3 is 10.6 Å². The number of nitrogens with zero attached hydrogens (tertiary/aromatic N) is 2. The van der Waals surface area contributed by atoms with E-state index in [4.69, 9.17) is 0 Å². The van der Waals surface area contributed by atoms with Crippen molar-refractivity contribution in [3.8, 4) is 22.4 Å². The van der Waals surface area contributed by atoms with Gasteiger partial charge in [-0.25, -0.2) is 13.4 Å². The summed E-state index contributed by atoms with van der Waals surface area (Å²) in [6, 6.07) is 13.6. The quantitative estimate of drug-likeness (QED) is 0.331. The van der Waals surface area contributed by atoms with Crippen molar-refractivity contribution < 1.29 is 18.0 Å². The number of carbonyl (C=O) groups is 2. The van der Waals surface area contributed by atoms with Crippen LogP contribution in [0.5, 0.6) is 0 Å². The predicted molar refractivity (Wildman–Crippen MR) is 135 cm³/mol. The fourth-order valence-corrected chi connectivity index (χ4v) is 5.08. The fourth-order valence-electron chi connectivity index (χ4n) is 3.24. The van der Waals surface area contributed by atoms with Crippen LogP contribution in [-0.2, 0) is 14.6 Å². The molecule has 0 radical (unpaired) electrons. The SMILES string of the molecule is CC(C)S(=O)(=O)c1cccc(C(=O)NCC(=O)Nc2nc(-c3cccc(-c4cn[nH]c4)c3)cs2)c1. The van der Waals surface area contributed by atoms with Crippen molar-refractivity contribution in [1.82, 2.24) is 20.5 Å². The number of amides is 2. The molecule has 0 atom stereocenters. The summed E-state index contributed by atoms with van der Waals surface area (Å²) in [6.07, 6.45) is 3.54. The first kappa shape index (κ1) is 24.3. The van der Waals surface area contributed by atoms with E-state index in [9.17, 15) is 18.0 Å². The lowest BCUT2D eigenvalue weighted by Crippen LogP contribution is -2.33. The van der Waals surface area contributed by atoms with E-state index in [0.29, 0.717) is 10.8 Å². The highest BCUT2D eigenvalue weighted by atomic mass is 32.2. The topological polar surface area (TPSA) is 134 Å². The van der Waals surface area contributed by atoms with E-state index in [1.165, 1.54) is 35.6 Å². The zero-order valence-corrected chi connectivity index (χ0v) is 20.6. The van der Waals surface area contributed by atoms with Crippen LogP contribution in [0, 0.1) is 0 Å². The van der Waals surface area contributed by atoms with Gasteiger partial charge in [0.1, 0.15) is 0 Å². The number of hydrogen-bond donors (Lipinski definition) is 3. The van der Waals surface area contributed by atoms with Gasteiger partial charge >= 0.3 is 0 Å². The first-order valence-electron chi connectivity index (χ1n) is 10.7. The molecule has 0 aliphatic rings. The van der Waals surface area contributed by atoms with E-state index in [-0.39, 0.29) is 17.0 Å². The number of thiazole rings is 1. The smallest absolute Gasteiger partial charge is 0.251 e. The van der Waals surface area contributed by atoms with Crippen LogP contribution in [0.1, 0.15) is 24.2 Å². The molecule has 9 nitrogen and oxygen atoms in total. The molecule has 180 valence electrons. The number of aromatic nitrogens is 3. The molecule has 3 N–H and O–H groups in total. The van der Waals surface area contributed by atoms with Gasteiger partial charge in [-0.1, -0.05) is 24.3 Å². The van der Waals surface area contributed by atoms with E-state index in [0.717, 1.165) is 16.7 Å². The highest BCUT2D eigenvalue weighted by Gasteiger charge is 2.20. The Bertz CT molecular complexity index is 1460. The second-order valence-electron chi connectivity index (χ2n) is 7.96. The van der Waals surface area contributed by atoms with Crippen LogP contribution in [0.4, 0.5) is 5.13 Å². The van der Waals surface area contributed by atoms with Crippen LogP contribution in [-0.4, -0.2) is 47.2 Å². The maximum atomic E-state index is 12.5. The lowest BCUT2D eigenvalue weighted by molar-refractivity contribution is -0.115. The number of aromatic amines is 1. The van der Waals surface area contributed by atoms with Crippen LogP contribution in [0.15, 0.2) is 71.2 Å². The standard InChI is InChI=1S/C24H23N5O4S2/c1-15(2)35(32,33)20-8-4-7-18(10-20)23(31)25-13-22(30)29-24-28-21(14-34-24)17-6-3-5-16(9-17)19-11-26-27-12-19/h3-12,14-15H,13H2,1-2H3,(H,25,31)(H,26,27)(H,28,29,30). The van der Waals surface area contributed by atoms with E-state index >= 15 is 0 Å². The number of sulfone groups is 1. The van der Waals surface area contributed by atoms with Crippen LogP contribution >= 0.6 is 11.3 Å². The highest BCUT2D eigenvalue weighted by Crippen LogP contribution is 2.28. The van der Waals surface area contributed by atoms with Crippen molar-refractivity contribution in [2.24, 2.45) is 0 Å². The van der Waals surface area contributed by atoms with Gasteiger partial charge in [0.25, 0.3) is 5.91 Å². The maximum absolute atomic E-state index is 12.5. The molecule has 0 aliphatic heterocycles. The molecule has 4 aromatic rings. The van der Waals surface area contributed by atoms with Crippen molar-refractivity contribution in [2.75, 3.05) is 11.9 Å². The first-order valence-corrected chi connectivity index (χ1v) is 13.1. The summed E-state index contributed by atoms with van der Waals surface area (Å²) in [6.45, 7) is 2.87. The molecule has 0 spiro atoms. The number of rotatable bonds is 8. The molecule has 2 aromatic heterocycles. The molecule has 35 heavy (non-hydrogen) atoms. The average molecular weight is 510 g/mol. The molecule has 2 amide bonds. The second-order valence-corrected chi connectivity index (χ2v) is 11.3. The maximum Gasteiger partial charge on any atom is 0.251 e. The van der Waals surface area contributed by atoms with E-state index in [2.05, 4.69) is 25.8 Å². The monoisotopic (exact) mass is 509 g/mol. The summed E-state index contributed by atoms with van der Waals surface area (Å²) in [5, 5.41) is 13.6. The lowest BCUT2D eigenvalue weighted by atomic mass is 10.1. The highest BCUT2D eigenvalue weighted by molar-refractivity contribution is 7.92. The van der Waals surface area contributed by atoms with Gasteiger partial charge in [-0.3, -0.25) is 14.7 Å². The van der Waals surface area contributed by atoms with Gasteiger partial charge in [0.15, 0.2) is 15.0 Å². The molecule has 0 fully saturated rings. The number of benzene rings is 2. The lowest BCUT2D eigenvalue weighted by Gasteiger charge is -2.10. The minimum Gasteiger partial charge on any atom is -0.343 e. The second kappa shape index (κ2) is 10.2. The zero-order chi connectivity index (χ0) is 25.0. The average Bonchev–Trinajstić information content (AvgIpc) is 3.55. The Labute approximate surface area is 206 Å². The fraction of sp³-hybridized carbons (Fsp3) is 0.167. The molecule has 2 heterocycles. The number of carbonyl (C=O) groups excluding carboxylic acids is 2. The Hall–Kier alpha value is -3.83. The molecule has 0 unspecified atom stereocenters. The van der Waals surface area contributed by atoms with Gasteiger partial charge in [0, 0.05) is 28.3 Å². The third-order valence-electron chi connectivity index (χ3n) is 5.20. The van der Waals surface area contributed by atoms with Crippen molar-refractivity contribution in [3.05, 3.63) is 71.9 Å². The zero-order valence-electron chi connectivity index (χ0n) is 19.0. The summed E-state index contributed by atoms with van der Waals surface area (Å²) in [4.78, 5) is 29.4. The van der Waals surface area contributed by atoms with E-state index < -0.39 is 26.9 Å². The number of nitrogens with one attached hydrogen (secondary N) is 3. The summed E-state index contributed by atoms with van der Waals surface area (Å²) < 4.78 is 24.7. The molecular formula is C24H23N5O4S2. The van der Waals surface area contributed by atoms with Gasteiger partial charge in [-0.2, -0.15) is 5.10 Å². The molecule has 0 saturated heterocycles. The Morgan fingerprint density at radius 2 is 1.83 bits per heavy atom. The molecule has 11 heteroatoms. The Kier molecular flexibility index (Phi) is 7.08. The third kappa shape index (κ3) is 5.64. The number of hydrogen-bond acceptors (Lipinski definition) is 7. The normalized spacial score (nSPS) is 11.4. The summed E-state index contributed by atoms with van der Waals surface area (Å²) >= 11 is 1.27. The van der Waals surface area contributed by atoms with Gasteiger partial charge in [-0.05, 0) is 43.7 Å². The van der Waals surface area contributed by atoms with Crippen LogP contribution < -0.4 is 10.6 Å². The minimum absolute atomic E-state index is 0.0664. The minimum atomic E-state index is -3.51. The van der Waals surface area contributed by atoms with Gasteiger partial charge in [-0.15, -0.1) is 11.3 Å². The summed E-state index contributed by atoms with van der Waals surface area (Å²) in [5.41, 5.74) is 3.71. The summed E-state index contributed by atoms with van der Waals surface area (Å²) in [7, 11) is -3.51. The van der Waals surface area contributed by atoms with Crippen LogP contribution in [0.25, 0.3) is 22.4 Å². The summed E-state index contributed by atoms with van der Waals surface area (Å²) in [5.74, 6) is -0.991.